The lowest BCUT2D eigenvalue weighted by atomic mass is 10.9. The molecule has 2 rings (SSSR count). The number of rotatable bonds is 5. The summed E-state index contributed by atoms with van der Waals surface area (Å²) in [7, 11) is -1.22. The van der Waals surface area contributed by atoms with Crippen molar-refractivity contribution in [1.29, 1.82) is 0 Å². The van der Waals surface area contributed by atoms with Crippen LogP contribution >= 0.6 is 0 Å². The smallest absolute Gasteiger partial charge is 0.133 e. The summed E-state index contributed by atoms with van der Waals surface area (Å²) in [4.78, 5) is 0. The zero-order valence-electron chi connectivity index (χ0n) is 8.81. The van der Waals surface area contributed by atoms with Gasteiger partial charge in [0.25, 0.3) is 0 Å². The molecule has 0 aliphatic heterocycles. The maximum atomic E-state index is 5.68. The molecule has 2 saturated carbocycles. The van der Waals surface area contributed by atoms with E-state index >= 15 is 0 Å². The van der Waals surface area contributed by atoms with Gasteiger partial charge in [0.2, 0.25) is 0 Å². The molecule has 0 N–H and O–H groups in total. The first-order valence-electron chi connectivity index (χ1n) is 5.51. The SMILES string of the molecule is C=C(OCC)[Si](C)(C1CC1)C1CC1. The molecule has 2 aliphatic carbocycles. The molecule has 0 amide bonds. The fraction of sp³-hybridized carbons (Fsp3) is 0.818. The Labute approximate surface area is 82.2 Å². The summed E-state index contributed by atoms with van der Waals surface area (Å²) in [6.07, 6.45) is 5.80. The average molecular weight is 196 g/mol. The molecule has 2 fully saturated rings. The molecule has 0 bridgehead atoms. The van der Waals surface area contributed by atoms with Crippen LogP contribution in [0.15, 0.2) is 12.0 Å². The largest absolute Gasteiger partial charge is 0.504 e. The van der Waals surface area contributed by atoms with Gasteiger partial charge in [0, 0.05) is 0 Å². The van der Waals surface area contributed by atoms with Crippen LogP contribution < -0.4 is 0 Å². The van der Waals surface area contributed by atoms with E-state index in [2.05, 4.69) is 20.0 Å². The predicted molar refractivity (Wildman–Crippen MR) is 58.4 cm³/mol. The summed E-state index contributed by atoms with van der Waals surface area (Å²) in [6.45, 7) is 9.55. The Balaban J connectivity index is 2.07. The molecule has 0 aromatic rings. The van der Waals surface area contributed by atoms with E-state index < -0.39 is 8.07 Å². The summed E-state index contributed by atoms with van der Waals surface area (Å²) < 4.78 is 5.68. The molecule has 0 unspecified atom stereocenters. The van der Waals surface area contributed by atoms with Crippen LogP contribution in [0.25, 0.3) is 0 Å². The van der Waals surface area contributed by atoms with Gasteiger partial charge >= 0.3 is 0 Å². The molecule has 2 aliphatic rings. The standard InChI is InChI=1S/C11H20OSi/c1-4-12-9(2)13(3,10-5-6-10)11-7-8-11/h10-11H,2,4-8H2,1,3H3. The third-order valence-electron chi connectivity index (χ3n) is 3.77. The first-order chi connectivity index (χ1) is 6.19. The molecule has 2 heteroatoms. The van der Waals surface area contributed by atoms with Crippen LogP contribution in [0.3, 0.4) is 0 Å². The monoisotopic (exact) mass is 196 g/mol. The number of hydrogen-bond acceptors (Lipinski definition) is 1. The maximum absolute atomic E-state index is 5.68. The lowest BCUT2D eigenvalue weighted by Gasteiger charge is -2.29. The van der Waals surface area contributed by atoms with Crippen molar-refractivity contribution in [1.82, 2.24) is 0 Å². The zero-order chi connectivity index (χ0) is 9.47. The Bertz CT molecular complexity index is 204. The second-order valence-corrected chi connectivity index (χ2v) is 9.44. The second-order valence-electron chi connectivity index (χ2n) is 4.69. The van der Waals surface area contributed by atoms with Crippen molar-refractivity contribution in [2.45, 2.75) is 50.2 Å². The highest BCUT2D eigenvalue weighted by Gasteiger charge is 2.55. The van der Waals surface area contributed by atoms with E-state index in [9.17, 15) is 0 Å². The van der Waals surface area contributed by atoms with Gasteiger partial charge in [-0.15, -0.1) is 0 Å². The van der Waals surface area contributed by atoms with Gasteiger partial charge < -0.3 is 4.74 Å². The Morgan fingerprint density at radius 1 is 1.31 bits per heavy atom. The van der Waals surface area contributed by atoms with Crippen molar-refractivity contribution in [3.05, 3.63) is 12.0 Å². The Kier molecular flexibility index (Phi) is 2.26. The van der Waals surface area contributed by atoms with Crippen molar-refractivity contribution in [3.63, 3.8) is 0 Å². The molecule has 13 heavy (non-hydrogen) atoms. The van der Waals surface area contributed by atoms with E-state index in [4.69, 9.17) is 4.74 Å². The third kappa shape index (κ3) is 1.56. The van der Waals surface area contributed by atoms with Gasteiger partial charge in [0.15, 0.2) is 0 Å². The number of ether oxygens (including phenoxy) is 1. The molecule has 0 aromatic heterocycles. The lowest BCUT2D eigenvalue weighted by Crippen LogP contribution is -2.35. The van der Waals surface area contributed by atoms with Gasteiger partial charge in [-0.1, -0.05) is 38.8 Å². The minimum atomic E-state index is -1.22. The Morgan fingerprint density at radius 2 is 1.77 bits per heavy atom. The van der Waals surface area contributed by atoms with E-state index in [1.54, 1.807) is 0 Å². The van der Waals surface area contributed by atoms with Crippen LogP contribution in [0, 0.1) is 0 Å². The van der Waals surface area contributed by atoms with E-state index in [1.165, 1.54) is 31.1 Å². The van der Waals surface area contributed by atoms with Crippen LogP contribution in [0.4, 0.5) is 0 Å². The third-order valence-corrected chi connectivity index (χ3v) is 9.66. The fourth-order valence-corrected chi connectivity index (χ4v) is 7.25. The minimum absolute atomic E-state index is 0.806. The molecule has 0 heterocycles. The topological polar surface area (TPSA) is 9.23 Å². The lowest BCUT2D eigenvalue weighted by molar-refractivity contribution is 0.250. The molecular formula is C11H20OSi. The van der Waals surface area contributed by atoms with Crippen molar-refractivity contribution < 1.29 is 4.74 Å². The molecule has 0 atom stereocenters. The van der Waals surface area contributed by atoms with Crippen molar-refractivity contribution in [2.75, 3.05) is 6.61 Å². The van der Waals surface area contributed by atoms with Gasteiger partial charge in [0.05, 0.1) is 12.0 Å². The van der Waals surface area contributed by atoms with Gasteiger partial charge in [0.1, 0.15) is 8.07 Å². The quantitative estimate of drug-likeness (QED) is 0.483. The van der Waals surface area contributed by atoms with Crippen LogP contribution in [0.2, 0.25) is 17.6 Å². The minimum Gasteiger partial charge on any atom is -0.504 e. The predicted octanol–water partition coefficient (Wildman–Crippen LogP) is 3.48. The molecular weight excluding hydrogens is 176 g/mol. The zero-order valence-corrected chi connectivity index (χ0v) is 9.81. The summed E-state index contributed by atoms with van der Waals surface area (Å²) in [6, 6.07) is 0. The van der Waals surface area contributed by atoms with Crippen LogP contribution in [0.5, 0.6) is 0 Å². The van der Waals surface area contributed by atoms with E-state index in [0.717, 1.165) is 17.7 Å². The molecule has 0 saturated heterocycles. The van der Waals surface area contributed by atoms with Gasteiger partial charge in [-0.25, -0.2) is 0 Å². The average Bonchev–Trinajstić information content (AvgIpc) is 2.93. The van der Waals surface area contributed by atoms with Crippen LogP contribution in [0.1, 0.15) is 32.6 Å². The summed E-state index contributed by atoms with van der Waals surface area (Å²) >= 11 is 0. The number of hydrogen-bond donors (Lipinski definition) is 0. The molecule has 74 valence electrons. The first-order valence-corrected chi connectivity index (χ1v) is 8.17. The highest BCUT2D eigenvalue weighted by atomic mass is 28.3. The van der Waals surface area contributed by atoms with Crippen molar-refractivity contribution in [3.8, 4) is 0 Å². The van der Waals surface area contributed by atoms with Crippen molar-refractivity contribution >= 4 is 8.07 Å². The normalized spacial score (nSPS) is 22.9. The van der Waals surface area contributed by atoms with E-state index in [-0.39, 0.29) is 0 Å². The van der Waals surface area contributed by atoms with Gasteiger partial charge in [-0.2, -0.15) is 0 Å². The van der Waals surface area contributed by atoms with E-state index in [1.807, 2.05) is 0 Å². The van der Waals surface area contributed by atoms with E-state index in [0.29, 0.717) is 0 Å². The summed E-state index contributed by atoms with van der Waals surface area (Å²) in [5.41, 5.74) is 2.03. The Hall–Kier alpha value is -0.243. The molecule has 1 nitrogen and oxygen atoms in total. The molecule has 0 radical (unpaired) electrons. The molecule has 0 aromatic carbocycles. The Morgan fingerprint density at radius 3 is 2.08 bits per heavy atom. The van der Waals surface area contributed by atoms with Gasteiger partial charge in [-0.3, -0.25) is 0 Å². The first kappa shape index (κ1) is 9.32. The van der Waals surface area contributed by atoms with Crippen LogP contribution in [-0.2, 0) is 4.74 Å². The maximum Gasteiger partial charge on any atom is 0.133 e. The summed E-state index contributed by atoms with van der Waals surface area (Å²) in [5, 5.41) is 1.19. The second kappa shape index (κ2) is 3.16. The fourth-order valence-electron chi connectivity index (χ4n) is 2.48. The van der Waals surface area contributed by atoms with Crippen molar-refractivity contribution in [2.24, 2.45) is 0 Å². The highest BCUT2D eigenvalue weighted by molar-refractivity contribution is 6.88. The molecule has 0 spiro atoms. The van der Waals surface area contributed by atoms with Crippen LogP contribution in [-0.4, -0.2) is 14.7 Å². The highest BCUT2D eigenvalue weighted by Crippen LogP contribution is 2.60. The summed E-state index contributed by atoms with van der Waals surface area (Å²) in [5.74, 6) is 0. The van der Waals surface area contributed by atoms with Gasteiger partial charge in [-0.05, 0) is 18.0 Å².